The number of aliphatic hydroxyl groups excluding tert-OH is 1. The van der Waals surface area contributed by atoms with E-state index in [0.29, 0.717) is 41.2 Å². The number of hydrogen-bond donors (Lipinski definition) is 1. The van der Waals surface area contributed by atoms with Crippen molar-refractivity contribution in [2.75, 3.05) is 34.3 Å². The maximum absolute atomic E-state index is 13.1. The quantitative estimate of drug-likeness (QED) is 0.295. The number of amides is 1. The van der Waals surface area contributed by atoms with Crippen molar-refractivity contribution in [3.8, 4) is 0 Å². The van der Waals surface area contributed by atoms with Gasteiger partial charge in [-0.05, 0) is 58.6 Å². The van der Waals surface area contributed by atoms with Gasteiger partial charge in [-0.15, -0.1) is 0 Å². The molecule has 2 aromatic rings. The summed E-state index contributed by atoms with van der Waals surface area (Å²) >= 11 is 0. The Morgan fingerprint density at radius 2 is 1.85 bits per heavy atom. The zero-order chi connectivity index (χ0) is 24.3. The van der Waals surface area contributed by atoms with E-state index in [2.05, 4.69) is 9.97 Å². The van der Waals surface area contributed by atoms with Crippen LogP contribution in [-0.4, -0.2) is 76.8 Å². The van der Waals surface area contributed by atoms with Crippen molar-refractivity contribution in [1.29, 1.82) is 0 Å². The number of aliphatic hydroxyl groups is 1. The minimum atomic E-state index is -0.806. The number of Topliss-reactive ketones (excluding diaryl/α,β-unsaturated/α-hetero) is 1. The highest BCUT2D eigenvalue weighted by atomic mass is 16.5. The molecule has 0 aliphatic carbocycles. The topological polar surface area (TPSA) is 113 Å². The van der Waals surface area contributed by atoms with Gasteiger partial charge >= 0.3 is 5.97 Å². The first-order valence-corrected chi connectivity index (χ1v) is 10.6. The Bertz CT molecular complexity index is 1110. The van der Waals surface area contributed by atoms with Crippen molar-refractivity contribution in [3.05, 3.63) is 64.2 Å². The molecule has 1 atom stereocenters. The van der Waals surface area contributed by atoms with Crippen LogP contribution in [0, 0.1) is 13.8 Å². The molecule has 9 heteroatoms. The smallest absolute Gasteiger partial charge is 0.337 e. The number of ketones is 1. The number of hydrogen-bond acceptors (Lipinski definition) is 8. The molecule has 33 heavy (non-hydrogen) atoms. The van der Waals surface area contributed by atoms with Gasteiger partial charge in [0.25, 0.3) is 11.7 Å². The van der Waals surface area contributed by atoms with Crippen molar-refractivity contribution in [3.63, 3.8) is 0 Å². The normalized spacial score (nSPS) is 17.6. The summed E-state index contributed by atoms with van der Waals surface area (Å²) in [7, 11) is 5.15. The first-order chi connectivity index (χ1) is 15.6. The van der Waals surface area contributed by atoms with Gasteiger partial charge in [-0.3, -0.25) is 9.59 Å². The molecule has 1 aliphatic rings. The molecule has 1 N–H and O–H groups in total. The highest BCUT2D eigenvalue weighted by Crippen LogP contribution is 2.39. The van der Waals surface area contributed by atoms with Gasteiger partial charge in [0, 0.05) is 12.7 Å². The number of benzene rings is 1. The van der Waals surface area contributed by atoms with Crippen LogP contribution in [-0.2, 0) is 14.3 Å². The molecular weight excluding hydrogens is 424 g/mol. The van der Waals surface area contributed by atoms with Crippen LogP contribution in [0.25, 0.3) is 5.76 Å². The molecule has 1 amide bonds. The Hall–Kier alpha value is -3.59. The number of methoxy groups -OCH3 is 1. The van der Waals surface area contributed by atoms with Crippen molar-refractivity contribution in [2.24, 2.45) is 0 Å². The van der Waals surface area contributed by atoms with E-state index in [1.54, 1.807) is 38.1 Å². The lowest BCUT2D eigenvalue weighted by atomic mass is 9.94. The molecule has 0 spiro atoms. The maximum Gasteiger partial charge on any atom is 0.337 e. The number of esters is 1. The Morgan fingerprint density at radius 3 is 2.42 bits per heavy atom. The van der Waals surface area contributed by atoms with Crippen LogP contribution in [0.1, 0.15) is 45.5 Å². The average molecular weight is 453 g/mol. The molecule has 174 valence electrons. The molecule has 1 fully saturated rings. The van der Waals surface area contributed by atoms with Crippen LogP contribution in [0.2, 0.25) is 0 Å². The molecule has 3 rings (SSSR count). The fraction of sp³-hybridized carbons (Fsp3) is 0.375. The molecule has 2 heterocycles. The molecular formula is C24H28N4O5. The van der Waals surface area contributed by atoms with Gasteiger partial charge in [0.05, 0.1) is 35.5 Å². The number of aromatic nitrogens is 2. The second-order valence-corrected chi connectivity index (χ2v) is 8.18. The van der Waals surface area contributed by atoms with Crippen molar-refractivity contribution in [1.82, 2.24) is 19.8 Å². The molecule has 0 unspecified atom stereocenters. The van der Waals surface area contributed by atoms with Crippen molar-refractivity contribution >= 4 is 23.4 Å². The lowest BCUT2D eigenvalue weighted by molar-refractivity contribution is -0.139. The van der Waals surface area contributed by atoms with Crippen LogP contribution < -0.4 is 0 Å². The molecule has 1 saturated heterocycles. The van der Waals surface area contributed by atoms with Gasteiger partial charge < -0.3 is 19.6 Å². The number of aryl methyl sites for hydroxylation is 2. The van der Waals surface area contributed by atoms with Gasteiger partial charge in [-0.2, -0.15) is 0 Å². The third-order valence-electron chi connectivity index (χ3n) is 5.55. The summed E-state index contributed by atoms with van der Waals surface area (Å²) in [5, 5.41) is 11.1. The van der Waals surface area contributed by atoms with Crippen LogP contribution in [0.3, 0.4) is 0 Å². The third kappa shape index (κ3) is 4.93. The summed E-state index contributed by atoms with van der Waals surface area (Å²) in [5.41, 5.74) is 1.71. The van der Waals surface area contributed by atoms with Gasteiger partial charge in [0.2, 0.25) is 0 Å². The third-order valence-corrected chi connectivity index (χ3v) is 5.55. The van der Waals surface area contributed by atoms with E-state index in [9.17, 15) is 19.5 Å². The Labute approximate surface area is 192 Å². The number of rotatable bonds is 7. The van der Waals surface area contributed by atoms with E-state index in [1.165, 1.54) is 18.2 Å². The zero-order valence-corrected chi connectivity index (χ0v) is 19.5. The monoisotopic (exact) mass is 452 g/mol. The Balaban J connectivity index is 2.12. The van der Waals surface area contributed by atoms with Gasteiger partial charge in [0.1, 0.15) is 11.6 Å². The highest BCUT2D eigenvalue weighted by Gasteiger charge is 2.46. The molecule has 0 saturated carbocycles. The summed E-state index contributed by atoms with van der Waals surface area (Å²) in [6.07, 6.45) is 2.09. The lowest BCUT2D eigenvalue weighted by Gasteiger charge is -2.26. The van der Waals surface area contributed by atoms with E-state index < -0.39 is 23.7 Å². The number of nitrogens with zero attached hydrogens (tertiary/aromatic N) is 4. The zero-order valence-electron chi connectivity index (χ0n) is 19.5. The SMILES string of the molecule is COC(=O)c1ccc([C@H]2/C(=C(\O)c3cnc(C)nc3C)C(=O)C(=O)N2CCCN(C)C)cc1. The summed E-state index contributed by atoms with van der Waals surface area (Å²) < 4.78 is 4.75. The predicted octanol–water partition coefficient (Wildman–Crippen LogP) is 2.25. The van der Waals surface area contributed by atoms with E-state index >= 15 is 0 Å². The van der Waals surface area contributed by atoms with Gasteiger partial charge in [-0.1, -0.05) is 12.1 Å². The Morgan fingerprint density at radius 1 is 1.18 bits per heavy atom. The largest absolute Gasteiger partial charge is 0.507 e. The van der Waals surface area contributed by atoms with E-state index in [1.807, 2.05) is 19.0 Å². The standard InChI is InChI=1S/C24H28N4O5/c1-14-18(13-25-15(2)26-14)21(29)19-20(16-7-9-17(10-8-16)24(32)33-5)28(23(31)22(19)30)12-6-11-27(3)4/h7-10,13,20,29H,6,11-12H2,1-5H3/b21-19+/t20-/m0/s1. The first kappa shape index (κ1) is 24.1. The Kier molecular flexibility index (Phi) is 7.23. The van der Waals surface area contributed by atoms with Crippen molar-refractivity contribution < 1.29 is 24.2 Å². The second kappa shape index (κ2) is 9.91. The molecule has 1 aromatic heterocycles. The number of carbonyl (C=O) groups is 3. The van der Waals surface area contributed by atoms with E-state index in [4.69, 9.17) is 4.74 Å². The summed E-state index contributed by atoms with van der Waals surface area (Å²) in [6, 6.07) is 5.66. The van der Waals surface area contributed by atoms with Crippen LogP contribution in [0.5, 0.6) is 0 Å². The summed E-state index contributed by atoms with van der Waals surface area (Å²) in [6.45, 7) is 4.48. The number of likely N-dealkylation sites (tertiary alicyclic amines) is 1. The summed E-state index contributed by atoms with van der Waals surface area (Å²) in [4.78, 5) is 49.7. The van der Waals surface area contributed by atoms with Gasteiger partial charge in [0.15, 0.2) is 0 Å². The number of ether oxygens (including phenoxy) is 1. The lowest BCUT2D eigenvalue weighted by Crippen LogP contribution is -2.32. The predicted molar refractivity (Wildman–Crippen MR) is 121 cm³/mol. The molecule has 0 radical (unpaired) electrons. The van der Waals surface area contributed by atoms with Crippen molar-refractivity contribution in [2.45, 2.75) is 26.3 Å². The van der Waals surface area contributed by atoms with E-state index in [-0.39, 0.29) is 11.3 Å². The molecule has 1 aromatic carbocycles. The first-order valence-electron chi connectivity index (χ1n) is 10.6. The molecule has 1 aliphatic heterocycles. The maximum atomic E-state index is 13.1. The number of carbonyl (C=O) groups excluding carboxylic acids is 3. The average Bonchev–Trinajstić information content (AvgIpc) is 3.03. The van der Waals surface area contributed by atoms with Crippen LogP contribution in [0.4, 0.5) is 0 Å². The molecule has 0 bridgehead atoms. The van der Waals surface area contributed by atoms with Crippen LogP contribution >= 0.6 is 0 Å². The fourth-order valence-corrected chi connectivity index (χ4v) is 3.89. The van der Waals surface area contributed by atoms with Gasteiger partial charge in [-0.25, -0.2) is 14.8 Å². The second-order valence-electron chi connectivity index (χ2n) is 8.18. The molecule has 9 nitrogen and oxygen atoms in total. The minimum absolute atomic E-state index is 0.0220. The fourth-order valence-electron chi connectivity index (χ4n) is 3.89. The van der Waals surface area contributed by atoms with Crippen LogP contribution in [0.15, 0.2) is 36.0 Å². The van der Waals surface area contributed by atoms with E-state index in [0.717, 1.165) is 6.54 Å². The highest BCUT2D eigenvalue weighted by molar-refractivity contribution is 6.46. The summed E-state index contributed by atoms with van der Waals surface area (Å²) in [5.74, 6) is -1.72. The minimum Gasteiger partial charge on any atom is -0.507 e.